The quantitative estimate of drug-likeness (QED) is 0.638. The fourth-order valence-electron chi connectivity index (χ4n) is 3.96. The third-order valence-corrected chi connectivity index (χ3v) is 5.63. The van der Waals surface area contributed by atoms with Crippen molar-refractivity contribution in [2.24, 2.45) is 0 Å². The summed E-state index contributed by atoms with van der Waals surface area (Å²) in [6.45, 7) is 6.95. The molecule has 1 aliphatic rings. The molecule has 0 bridgehead atoms. The lowest BCUT2D eigenvalue weighted by Gasteiger charge is -2.32. The number of nitrogen functional groups attached to an aromatic ring is 1. The Morgan fingerprint density at radius 2 is 1.82 bits per heavy atom. The zero-order valence-corrected chi connectivity index (χ0v) is 20.5. The number of carbonyl (C=O) groups excluding carboxylic acids is 2. The Morgan fingerprint density at radius 1 is 1.15 bits per heavy atom. The second kappa shape index (κ2) is 11.2. The summed E-state index contributed by atoms with van der Waals surface area (Å²) in [4.78, 5) is 35.0. The molecule has 0 unspecified atom stereocenters. The first kappa shape index (κ1) is 25.3. The van der Waals surface area contributed by atoms with Gasteiger partial charge in [0.1, 0.15) is 11.4 Å². The van der Waals surface area contributed by atoms with Gasteiger partial charge in [-0.2, -0.15) is 0 Å². The molecule has 2 heterocycles. The van der Waals surface area contributed by atoms with E-state index in [1.807, 2.05) is 35.2 Å². The topological polar surface area (TPSA) is 120 Å². The number of methoxy groups -OCH3 is 1. The van der Waals surface area contributed by atoms with Gasteiger partial charge in [-0.25, -0.2) is 14.8 Å². The molecule has 3 rings (SSSR count). The molecule has 9 nitrogen and oxygen atoms in total. The Hall–Kier alpha value is -3.36. The van der Waals surface area contributed by atoms with Gasteiger partial charge in [0.2, 0.25) is 11.9 Å². The van der Waals surface area contributed by atoms with Crippen molar-refractivity contribution in [2.45, 2.75) is 58.0 Å². The molecule has 0 atom stereocenters. The maximum absolute atomic E-state index is 12.5. The molecule has 0 radical (unpaired) electrons. The van der Waals surface area contributed by atoms with Gasteiger partial charge in [-0.3, -0.25) is 4.79 Å². The first-order valence-corrected chi connectivity index (χ1v) is 11.6. The van der Waals surface area contributed by atoms with Gasteiger partial charge in [0.15, 0.2) is 0 Å². The fraction of sp³-hybridized carbons (Fsp3) is 0.520. The second-order valence-corrected chi connectivity index (χ2v) is 9.50. The van der Waals surface area contributed by atoms with Gasteiger partial charge in [0.25, 0.3) is 0 Å². The summed E-state index contributed by atoms with van der Waals surface area (Å²) in [6.07, 6.45) is 2.01. The predicted octanol–water partition coefficient (Wildman–Crippen LogP) is 3.28. The smallest absolute Gasteiger partial charge is 0.407 e. The Labute approximate surface area is 201 Å². The highest BCUT2D eigenvalue weighted by atomic mass is 16.6. The van der Waals surface area contributed by atoms with Crippen LogP contribution in [0, 0.1) is 0 Å². The minimum Gasteiger partial charge on any atom is -0.497 e. The lowest BCUT2D eigenvalue weighted by Crippen LogP contribution is -2.40. The number of hydrogen-bond donors (Lipinski definition) is 2. The first-order valence-electron chi connectivity index (χ1n) is 11.6. The molecule has 1 fully saturated rings. The number of amides is 2. The molecule has 0 aliphatic carbocycles. The van der Waals surface area contributed by atoms with Crippen LogP contribution in [0.1, 0.15) is 62.9 Å². The molecule has 0 spiro atoms. The van der Waals surface area contributed by atoms with E-state index in [0.29, 0.717) is 19.5 Å². The maximum atomic E-state index is 12.5. The summed E-state index contributed by atoms with van der Waals surface area (Å²) >= 11 is 0. The van der Waals surface area contributed by atoms with Crippen molar-refractivity contribution in [1.29, 1.82) is 0 Å². The van der Waals surface area contributed by atoms with Crippen LogP contribution in [-0.4, -0.2) is 59.2 Å². The molecule has 3 N–H and O–H groups in total. The Bertz CT molecular complexity index is 980. The van der Waals surface area contributed by atoms with E-state index in [4.69, 9.17) is 15.2 Å². The molecule has 1 aliphatic heterocycles. The summed E-state index contributed by atoms with van der Waals surface area (Å²) in [6, 6.07) is 9.90. The van der Waals surface area contributed by atoms with Crippen LogP contribution in [0.2, 0.25) is 0 Å². The van der Waals surface area contributed by atoms with Crippen LogP contribution in [0.3, 0.4) is 0 Å². The minimum atomic E-state index is -0.561. The summed E-state index contributed by atoms with van der Waals surface area (Å²) < 4.78 is 10.4. The van der Waals surface area contributed by atoms with E-state index in [1.54, 1.807) is 27.9 Å². The fourth-order valence-corrected chi connectivity index (χ4v) is 3.96. The SMILES string of the molecule is COc1ccc(Cc2cc(C3CCN(C(=O)CCNC(=O)OC(C)(C)C)CC3)nc(N)n2)cc1. The van der Waals surface area contributed by atoms with Gasteiger partial charge in [0.05, 0.1) is 12.8 Å². The van der Waals surface area contributed by atoms with Gasteiger partial charge < -0.3 is 25.4 Å². The van der Waals surface area contributed by atoms with Crippen molar-refractivity contribution in [3.63, 3.8) is 0 Å². The summed E-state index contributed by atoms with van der Waals surface area (Å²) in [5, 5.41) is 2.64. The first-order chi connectivity index (χ1) is 16.1. The molecular weight excluding hydrogens is 434 g/mol. The number of nitrogens with zero attached hydrogens (tertiary/aromatic N) is 3. The number of anilines is 1. The van der Waals surface area contributed by atoms with E-state index >= 15 is 0 Å². The average Bonchev–Trinajstić information content (AvgIpc) is 2.78. The van der Waals surface area contributed by atoms with Gasteiger partial charge in [-0.15, -0.1) is 0 Å². The van der Waals surface area contributed by atoms with Crippen molar-refractivity contribution in [3.8, 4) is 5.75 Å². The number of likely N-dealkylation sites (tertiary alicyclic amines) is 1. The maximum Gasteiger partial charge on any atom is 0.407 e. The zero-order chi connectivity index (χ0) is 24.7. The summed E-state index contributed by atoms with van der Waals surface area (Å²) in [5.74, 6) is 1.34. The van der Waals surface area contributed by atoms with Crippen LogP contribution in [0.25, 0.3) is 0 Å². The Morgan fingerprint density at radius 3 is 2.44 bits per heavy atom. The number of rotatable bonds is 7. The lowest BCUT2D eigenvalue weighted by atomic mass is 9.92. The molecule has 34 heavy (non-hydrogen) atoms. The molecule has 1 saturated heterocycles. The highest BCUT2D eigenvalue weighted by Crippen LogP contribution is 2.28. The third kappa shape index (κ3) is 7.60. The Kier molecular flexibility index (Phi) is 8.31. The van der Waals surface area contributed by atoms with E-state index in [1.165, 1.54) is 0 Å². The van der Waals surface area contributed by atoms with Crippen LogP contribution < -0.4 is 15.8 Å². The number of alkyl carbamates (subject to hydrolysis) is 1. The van der Waals surface area contributed by atoms with Crippen LogP contribution >= 0.6 is 0 Å². The number of ether oxygens (including phenoxy) is 2. The second-order valence-electron chi connectivity index (χ2n) is 9.50. The van der Waals surface area contributed by atoms with Crippen molar-refractivity contribution in [1.82, 2.24) is 20.2 Å². The molecule has 1 aromatic carbocycles. The van der Waals surface area contributed by atoms with Crippen molar-refractivity contribution in [2.75, 3.05) is 32.5 Å². The Balaban J connectivity index is 1.50. The van der Waals surface area contributed by atoms with E-state index in [2.05, 4.69) is 15.3 Å². The van der Waals surface area contributed by atoms with Gasteiger partial charge in [0, 0.05) is 44.1 Å². The van der Waals surface area contributed by atoms with Gasteiger partial charge in [-0.05, 0) is 57.4 Å². The monoisotopic (exact) mass is 469 g/mol. The van der Waals surface area contributed by atoms with Crippen molar-refractivity contribution in [3.05, 3.63) is 47.3 Å². The van der Waals surface area contributed by atoms with Crippen molar-refractivity contribution >= 4 is 17.9 Å². The minimum absolute atomic E-state index is 0.0249. The standard InChI is InChI=1S/C25H35N5O4/c1-25(2,3)34-24(32)27-12-9-22(31)30-13-10-18(11-14-30)21-16-19(28-23(26)29-21)15-17-5-7-20(33-4)8-6-17/h5-8,16,18H,9-15H2,1-4H3,(H,27,32)(H2,26,28,29). The number of piperidine rings is 1. The molecule has 2 amide bonds. The molecule has 1 aromatic heterocycles. The van der Waals surface area contributed by atoms with Crippen LogP contribution in [0.5, 0.6) is 5.75 Å². The normalized spacial score (nSPS) is 14.5. The number of nitrogens with one attached hydrogen (secondary N) is 1. The number of hydrogen-bond acceptors (Lipinski definition) is 7. The summed E-state index contributed by atoms with van der Waals surface area (Å²) in [5.41, 5.74) is 8.36. The van der Waals surface area contributed by atoms with Crippen LogP contribution in [-0.2, 0) is 16.0 Å². The van der Waals surface area contributed by atoms with Gasteiger partial charge >= 0.3 is 6.09 Å². The van der Waals surface area contributed by atoms with Crippen LogP contribution in [0.4, 0.5) is 10.7 Å². The predicted molar refractivity (Wildman–Crippen MR) is 130 cm³/mol. The largest absolute Gasteiger partial charge is 0.497 e. The van der Waals surface area contributed by atoms with Crippen LogP contribution in [0.15, 0.2) is 30.3 Å². The van der Waals surface area contributed by atoms with Crippen molar-refractivity contribution < 1.29 is 19.1 Å². The third-order valence-electron chi connectivity index (χ3n) is 5.63. The van der Waals surface area contributed by atoms with E-state index < -0.39 is 11.7 Å². The number of carbonyl (C=O) groups is 2. The molecule has 9 heteroatoms. The highest BCUT2D eigenvalue weighted by Gasteiger charge is 2.25. The molecule has 184 valence electrons. The zero-order valence-electron chi connectivity index (χ0n) is 20.5. The average molecular weight is 470 g/mol. The van der Waals surface area contributed by atoms with E-state index in [0.717, 1.165) is 35.5 Å². The molecular formula is C25H35N5O4. The highest BCUT2D eigenvalue weighted by molar-refractivity contribution is 5.77. The number of nitrogens with two attached hydrogens (primary N) is 1. The molecule has 2 aromatic rings. The molecule has 0 saturated carbocycles. The number of aromatic nitrogens is 2. The van der Waals surface area contributed by atoms with Gasteiger partial charge in [-0.1, -0.05) is 12.1 Å². The van der Waals surface area contributed by atoms with E-state index in [-0.39, 0.29) is 30.7 Å². The lowest BCUT2D eigenvalue weighted by molar-refractivity contribution is -0.132. The van der Waals surface area contributed by atoms with E-state index in [9.17, 15) is 9.59 Å². The number of benzene rings is 1. The summed E-state index contributed by atoms with van der Waals surface area (Å²) in [7, 11) is 1.65.